The van der Waals surface area contributed by atoms with Gasteiger partial charge >= 0.3 is 0 Å². The largest absolute Gasteiger partial charge is 0.497 e. The van der Waals surface area contributed by atoms with Crippen molar-refractivity contribution in [2.75, 3.05) is 19.5 Å². The number of carbonyl (C=O) groups excluding carboxylic acids is 3. The molecular weight excluding hydrogens is 608 g/mol. The summed E-state index contributed by atoms with van der Waals surface area (Å²) in [5.74, 6) is -0.727. The van der Waals surface area contributed by atoms with Crippen LogP contribution in [-0.2, 0) is 10.2 Å². The molecule has 43 heavy (non-hydrogen) atoms. The summed E-state index contributed by atoms with van der Waals surface area (Å²) in [7, 11) is 3.12. The molecule has 3 aliphatic heterocycles. The molecule has 4 atom stereocenters. The molecular formula is C35H27BrN2O5. The standard InChI is InChI=1S/C35H27BrN2O5/c1-42-23-14-11-21(12-15-23)31(39)29-30(32(40)22-13-16-28(43-2)26(36)19-22)38-18-17-20-7-3-4-8-24(20)33(38)35(29)25-9-5-6-10-27(25)37-34(35)41/h3-19,29-30,33H,1-2H3,(H,37,41). The average molecular weight is 636 g/mol. The second-order valence-corrected chi connectivity index (χ2v) is 11.7. The first-order valence-corrected chi connectivity index (χ1v) is 14.7. The van der Waals surface area contributed by atoms with Gasteiger partial charge in [0.05, 0.1) is 30.7 Å². The van der Waals surface area contributed by atoms with Crippen LogP contribution < -0.4 is 14.8 Å². The number of hydrogen-bond acceptors (Lipinski definition) is 6. The molecule has 3 heterocycles. The van der Waals surface area contributed by atoms with E-state index in [4.69, 9.17) is 9.47 Å². The van der Waals surface area contributed by atoms with Crippen molar-refractivity contribution < 1.29 is 23.9 Å². The number of fused-ring (bicyclic) bond motifs is 6. The molecule has 0 saturated carbocycles. The van der Waals surface area contributed by atoms with Gasteiger partial charge in [-0.15, -0.1) is 0 Å². The first kappa shape index (κ1) is 27.2. The predicted octanol–water partition coefficient (Wildman–Crippen LogP) is 6.45. The van der Waals surface area contributed by atoms with Crippen LogP contribution in [0, 0.1) is 5.92 Å². The highest BCUT2D eigenvalue weighted by Crippen LogP contribution is 2.62. The minimum atomic E-state index is -1.39. The molecule has 0 aliphatic carbocycles. The Morgan fingerprint density at radius 3 is 2.33 bits per heavy atom. The van der Waals surface area contributed by atoms with Crippen molar-refractivity contribution in [2.45, 2.75) is 17.5 Å². The summed E-state index contributed by atoms with van der Waals surface area (Å²) in [6.45, 7) is 0. The highest BCUT2D eigenvalue weighted by Gasteiger charge is 2.70. The number of methoxy groups -OCH3 is 2. The van der Waals surface area contributed by atoms with Crippen molar-refractivity contribution >= 4 is 45.2 Å². The number of nitrogens with one attached hydrogen (secondary N) is 1. The summed E-state index contributed by atoms with van der Waals surface area (Å²) < 4.78 is 11.3. The fraction of sp³-hybridized carbons (Fsp3) is 0.171. The topological polar surface area (TPSA) is 84.9 Å². The second-order valence-electron chi connectivity index (χ2n) is 10.9. The third-order valence-corrected chi connectivity index (χ3v) is 9.55. The summed E-state index contributed by atoms with van der Waals surface area (Å²) in [6, 6.07) is 25.7. The number of nitrogens with zero attached hydrogens (tertiary/aromatic N) is 1. The summed E-state index contributed by atoms with van der Waals surface area (Å²) in [5.41, 5.74) is 2.59. The van der Waals surface area contributed by atoms with Gasteiger partial charge in [-0.25, -0.2) is 0 Å². The Morgan fingerprint density at radius 1 is 0.860 bits per heavy atom. The van der Waals surface area contributed by atoms with E-state index in [0.29, 0.717) is 38.3 Å². The van der Waals surface area contributed by atoms with E-state index in [9.17, 15) is 14.4 Å². The molecule has 8 heteroatoms. The van der Waals surface area contributed by atoms with Gasteiger partial charge in [0.15, 0.2) is 11.6 Å². The van der Waals surface area contributed by atoms with Crippen LogP contribution in [0.1, 0.15) is 43.4 Å². The number of halogens is 1. The molecule has 214 valence electrons. The van der Waals surface area contributed by atoms with E-state index >= 15 is 0 Å². The number of ether oxygens (including phenoxy) is 2. The molecule has 3 aliphatic rings. The van der Waals surface area contributed by atoms with Crippen LogP contribution in [0.25, 0.3) is 6.08 Å². The van der Waals surface area contributed by atoms with Crippen molar-refractivity contribution in [2.24, 2.45) is 5.92 Å². The maximum Gasteiger partial charge on any atom is 0.238 e. The van der Waals surface area contributed by atoms with Crippen molar-refractivity contribution in [3.8, 4) is 11.5 Å². The zero-order chi connectivity index (χ0) is 29.9. The monoisotopic (exact) mass is 634 g/mol. The highest BCUT2D eigenvalue weighted by molar-refractivity contribution is 9.10. The smallest absolute Gasteiger partial charge is 0.238 e. The van der Waals surface area contributed by atoms with Gasteiger partial charge in [-0.1, -0.05) is 42.5 Å². The van der Waals surface area contributed by atoms with E-state index in [1.807, 2.05) is 65.7 Å². The van der Waals surface area contributed by atoms with Crippen LogP contribution in [0.3, 0.4) is 0 Å². The molecule has 0 radical (unpaired) electrons. The third kappa shape index (κ3) is 3.89. The molecule has 7 rings (SSSR count). The average Bonchev–Trinajstić information content (AvgIpc) is 3.52. The van der Waals surface area contributed by atoms with Gasteiger partial charge in [0, 0.05) is 23.0 Å². The second kappa shape index (κ2) is 10.2. The zero-order valence-corrected chi connectivity index (χ0v) is 25.0. The van der Waals surface area contributed by atoms with Gasteiger partial charge in [-0.05, 0) is 87.2 Å². The SMILES string of the molecule is COc1ccc(C(=O)C2C(C(=O)c3ccc(OC)c(Br)c3)N3C=Cc4ccccc4C3C23C(=O)Nc2ccccc23)cc1. The van der Waals surface area contributed by atoms with Crippen LogP contribution in [0.2, 0.25) is 0 Å². The van der Waals surface area contributed by atoms with Gasteiger partial charge in [0.1, 0.15) is 23.0 Å². The highest BCUT2D eigenvalue weighted by atomic mass is 79.9. The lowest BCUT2D eigenvalue weighted by atomic mass is 9.62. The van der Waals surface area contributed by atoms with E-state index in [2.05, 4.69) is 21.2 Å². The Bertz CT molecular complexity index is 1830. The molecule has 1 N–H and O–H groups in total. The Kier molecular flexibility index (Phi) is 6.47. The lowest BCUT2D eigenvalue weighted by molar-refractivity contribution is -0.122. The number of carbonyl (C=O) groups is 3. The Hall–Kier alpha value is -4.69. The Labute approximate surface area is 257 Å². The molecule has 4 aromatic carbocycles. The van der Waals surface area contributed by atoms with Crippen LogP contribution in [0.15, 0.2) is 102 Å². The maximum absolute atomic E-state index is 14.9. The van der Waals surface area contributed by atoms with Gasteiger partial charge in [0.25, 0.3) is 0 Å². The summed E-state index contributed by atoms with van der Waals surface area (Å²) in [4.78, 5) is 46.1. The molecule has 4 aromatic rings. The predicted molar refractivity (Wildman–Crippen MR) is 166 cm³/mol. The van der Waals surface area contributed by atoms with Crippen molar-refractivity contribution in [3.05, 3.63) is 129 Å². The number of benzene rings is 4. The number of Topliss-reactive ketones (excluding diaryl/α,β-unsaturated/α-hetero) is 2. The molecule has 0 bridgehead atoms. The van der Waals surface area contributed by atoms with Crippen molar-refractivity contribution in [1.82, 2.24) is 4.90 Å². The number of hydrogen-bond donors (Lipinski definition) is 1. The summed E-state index contributed by atoms with van der Waals surface area (Å²) in [5, 5.41) is 3.07. The fourth-order valence-corrected chi connectivity index (χ4v) is 7.63. The summed E-state index contributed by atoms with van der Waals surface area (Å²) in [6.07, 6.45) is 3.81. The number of ketones is 2. The van der Waals surface area contributed by atoms with Crippen LogP contribution in [0.4, 0.5) is 5.69 Å². The van der Waals surface area contributed by atoms with Gasteiger partial charge in [0.2, 0.25) is 5.91 Å². The molecule has 1 spiro atoms. The van der Waals surface area contributed by atoms with E-state index in [-0.39, 0.29) is 17.5 Å². The van der Waals surface area contributed by atoms with E-state index in [0.717, 1.165) is 11.1 Å². The minimum absolute atomic E-state index is 0.265. The first-order chi connectivity index (χ1) is 20.9. The Morgan fingerprint density at radius 2 is 1.58 bits per heavy atom. The quantitative estimate of drug-likeness (QED) is 0.246. The summed E-state index contributed by atoms with van der Waals surface area (Å²) >= 11 is 3.51. The van der Waals surface area contributed by atoms with E-state index in [1.165, 1.54) is 0 Å². The van der Waals surface area contributed by atoms with Gasteiger partial charge < -0.3 is 19.7 Å². The normalized spacial score (nSPS) is 22.9. The first-order valence-electron chi connectivity index (χ1n) is 13.9. The fourth-order valence-electron chi connectivity index (χ4n) is 7.09. The molecule has 1 fully saturated rings. The van der Waals surface area contributed by atoms with Crippen LogP contribution in [-0.4, -0.2) is 42.6 Å². The maximum atomic E-state index is 14.9. The van der Waals surface area contributed by atoms with E-state index < -0.39 is 23.4 Å². The van der Waals surface area contributed by atoms with Crippen molar-refractivity contribution in [1.29, 1.82) is 0 Å². The molecule has 0 aromatic heterocycles. The Balaban J connectivity index is 1.51. The zero-order valence-electron chi connectivity index (χ0n) is 23.4. The number of rotatable bonds is 6. The molecule has 1 amide bonds. The number of para-hydroxylation sites is 1. The van der Waals surface area contributed by atoms with Gasteiger partial charge in [-0.2, -0.15) is 0 Å². The lowest BCUT2D eigenvalue weighted by Gasteiger charge is -2.38. The van der Waals surface area contributed by atoms with Gasteiger partial charge in [-0.3, -0.25) is 14.4 Å². The van der Waals surface area contributed by atoms with Crippen molar-refractivity contribution in [3.63, 3.8) is 0 Å². The molecule has 4 unspecified atom stereocenters. The third-order valence-electron chi connectivity index (χ3n) is 8.93. The minimum Gasteiger partial charge on any atom is -0.497 e. The molecule has 7 nitrogen and oxygen atoms in total. The van der Waals surface area contributed by atoms with E-state index in [1.54, 1.807) is 56.7 Å². The van der Waals surface area contributed by atoms with Crippen LogP contribution >= 0.6 is 15.9 Å². The lowest BCUT2D eigenvalue weighted by Crippen LogP contribution is -2.49. The number of anilines is 1. The molecule has 1 saturated heterocycles. The van der Waals surface area contributed by atoms with Crippen LogP contribution in [0.5, 0.6) is 11.5 Å². The number of amides is 1.